The summed E-state index contributed by atoms with van der Waals surface area (Å²) in [5.41, 5.74) is 0. The number of hydrogen-bond donors (Lipinski definition) is 0. The topological polar surface area (TPSA) is 0 Å². The Hall–Kier alpha value is 0.752. The van der Waals surface area contributed by atoms with Crippen molar-refractivity contribution in [3.8, 4) is 0 Å². The van der Waals surface area contributed by atoms with Gasteiger partial charge in [-0.05, 0) is 0 Å². The molecule has 2 radical (unpaired) electrons. The fraction of sp³-hybridized carbons (Fsp3) is 0.333. The second-order valence-corrected chi connectivity index (χ2v) is 2.19. The van der Waals surface area contributed by atoms with Crippen LogP contribution >= 0.6 is 11.8 Å². The molecule has 0 rings (SSSR count). The van der Waals surface area contributed by atoms with Gasteiger partial charge in [-0.3, -0.25) is 0 Å². The Morgan fingerprint density at radius 2 is 1.50 bits per heavy atom. The van der Waals surface area contributed by atoms with Crippen molar-refractivity contribution in [3.05, 3.63) is 25.3 Å². The van der Waals surface area contributed by atoms with Crippen LogP contribution in [0.3, 0.4) is 0 Å². The first kappa shape index (κ1) is 11.5. The van der Waals surface area contributed by atoms with Gasteiger partial charge in [-0.2, -0.15) is 11.8 Å². The first-order valence-corrected chi connectivity index (χ1v) is 3.37. The van der Waals surface area contributed by atoms with Crippen LogP contribution in [-0.2, 0) is 0 Å². The third kappa shape index (κ3) is 9.89. The Morgan fingerprint density at radius 3 is 1.75 bits per heavy atom. The van der Waals surface area contributed by atoms with Gasteiger partial charge in [-0.25, -0.2) is 0 Å². The van der Waals surface area contributed by atoms with Gasteiger partial charge in [0.15, 0.2) is 0 Å². The van der Waals surface area contributed by atoms with Crippen molar-refractivity contribution in [1.29, 1.82) is 0 Å². The van der Waals surface area contributed by atoms with Crippen molar-refractivity contribution in [2.75, 3.05) is 11.5 Å². The third-order valence-corrected chi connectivity index (χ3v) is 1.41. The van der Waals surface area contributed by atoms with Crippen molar-refractivity contribution in [3.63, 3.8) is 0 Å². The molecule has 0 aromatic carbocycles. The van der Waals surface area contributed by atoms with Gasteiger partial charge in [0.25, 0.3) is 0 Å². The average Bonchev–Trinajstić information content (AvgIpc) is 1.69. The van der Waals surface area contributed by atoms with E-state index < -0.39 is 0 Å². The predicted octanol–water partition coefficient (Wildman–Crippen LogP) is 1.18. The summed E-state index contributed by atoms with van der Waals surface area (Å²) in [6, 6.07) is 0. The van der Waals surface area contributed by atoms with Gasteiger partial charge >= 0.3 is 27.3 Å². The minimum absolute atomic E-state index is 0. The van der Waals surface area contributed by atoms with Crippen LogP contribution < -0.4 is 0 Å². The van der Waals surface area contributed by atoms with Crippen LogP contribution in [0.1, 0.15) is 0 Å². The molecular weight excluding hydrogens is 311 g/mol. The molecule has 0 aliphatic carbocycles. The molecule has 0 heterocycles. The van der Waals surface area contributed by atoms with Crippen LogP contribution in [0.25, 0.3) is 0 Å². The second-order valence-electron chi connectivity index (χ2n) is 1.11. The van der Waals surface area contributed by atoms with Crippen LogP contribution in [0, 0.1) is 0 Å². The molecule has 0 aliphatic rings. The normalized spacial score (nSPS) is 7.00. The molecular formula is C6H12PbS. The number of rotatable bonds is 4. The first-order chi connectivity index (χ1) is 3.41. The maximum atomic E-state index is 3.58. The van der Waals surface area contributed by atoms with Gasteiger partial charge in [-0.15, -0.1) is 13.2 Å². The van der Waals surface area contributed by atoms with E-state index in [1.165, 1.54) is 0 Å². The molecule has 0 amide bonds. The van der Waals surface area contributed by atoms with E-state index in [0.717, 1.165) is 11.5 Å². The summed E-state index contributed by atoms with van der Waals surface area (Å²) >= 11 is 1.82. The average molecular weight is 323 g/mol. The van der Waals surface area contributed by atoms with E-state index in [1.54, 1.807) is 0 Å². The Labute approximate surface area is 75.6 Å². The molecule has 0 saturated heterocycles. The van der Waals surface area contributed by atoms with Crippen molar-refractivity contribution >= 4 is 39.1 Å². The zero-order chi connectivity index (χ0) is 5.54. The monoisotopic (exact) mass is 324 g/mol. The molecule has 0 saturated carbocycles. The molecule has 0 N–H and O–H groups in total. The van der Waals surface area contributed by atoms with E-state index in [-0.39, 0.29) is 27.3 Å². The number of thioether (sulfide) groups is 1. The van der Waals surface area contributed by atoms with Gasteiger partial charge in [0.05, 0.1) is 0 Å². The Balaban J connectivity index is 0. The molecule has 46 valence electrons. The summed E-state index contributed by atoms with van der Waals surface area (Å²) in [4.78, 5) is 0. The fourth-order valence-corrected chi connectivity index (χ4v) is 0.704. The summed E-state index contributed by atoms with van der Waals surface area (Å²) in [7, 11) is 0. The molecule has 0 bridgehead atoms. The van der Waals surface area contributed by atoms with Crippen LogP contribution in [0.2, 0.25) is 0 Å². The summed E-state index contributed by atoms with van der Waals surface area (Å²) in [6.07, 6.45) is 3.79. The molecule has 0 aromatic heterocycles. The molecule has 0 aliphatic heterocycles. The van der Waals surface area contributed by atoms with E-state index >= 15 is 0 Å². The first-order valence-electron chi connectivity index (χ1n) is 2.21. The number of hydrogen-bond acceptors (Lipinski definition) is 1. The van der Waals surface area contributed by atoms with Crippen molar-refractivity contribution in [2.24, 2.45) is 0 Å². The van der Waals surface area contributed by atoms with Crippen LogP contribution in [-0.4, -0.2) is 38.8 Å². The Bertz CT molecular complexity index is 53.5. The molecule has 0 nitrogen and oxygen atoms in total. The van der Waals surface area contributed by atoms with E-state index in [9.17, 15) is 0 Å². The van der Waals surface area contributed by atoms with Crippen molar-refractivity contribution in [2.45, 2.75) is 0 Å². The van der Waals surface area contributed by atoms with Gasteiger partial charge < -0.3 is 0 Å². The van der Waals surface area contributed by atoms with E-state index in [4.69, 9.17) is 0 Å². The molecule has 0 spiro atoms. The molecule has 0 atom stereocenters. The van der Waals surface area contributed by atoms with Crippen LogP contribution in [0.5, 0.6) is 0 Å². The molecule has 0 fully saturated rings. The summed E-state index contributed by atoms with van der Waals surface area (Å²) in [6.45, 7) is 7.15. The summed E-state index contributed by atoms with van der Waals surface area (Å²) in [5.74, 6) is 2.07. The molecule has 2 heteroatoms. The van der Waals surface area contributed by atoms with Gasteiger partial charge in [0.1, 0.15) is 0 Å². The Kier molecular flexibility index (Phi) is 15.4. The van der Waals surface area contributed by atoms with Gasteiger partial charge in [-0.1, -0.05) is 12.2 Å². The second kappa shape index (κ2) is 10.7. The quantitative estimate of drug-likeness (QED) is 0.425. The maximum absolute atomic E-state index is 3.58. The minimum atomic E-state index is 0. The van der Waals surface area contributed by atoms with Gasteiger partial charge in [0, 0.05) is 11.5 Å². The zero-order valence-corrected chi connectivity index (χ0v) is 11.4. The van der Waals surface area contributed by atoms with Crippen molar-refractivity contribution in [1.82, 2.24) is 0 Å². The van der Waals surface area contributed by atoms with E-state index in [1.807, 2.05) is 23.9 Å². The predicted molar refractivity (Wildman–Crippen MR) is 46.3 cm³/mol. The Morgan fingerprint density at radius 1 is 1.12 bits per heavy atom. The van der Waals surface area contributed by atoms with Crippen LogP contribution in [0.4, 0.5) is 0 Å². The van der Waals surface area contributed by atoms with Gasteiger partial charge in [0.2, 0.25) is 0 Å². The van der Waals surface area contributed by atoms with Crippen LogP contribution in [0.15, 0.2) is 25.3 Å². The molecule has 8 heavy (non-hydrogen) atoms. The van der Waals surface area contributed by atoms with E-state index in [0.29, 0.717) is 0 Å². The fourth-order valence-electron chi connectivity index (χ4n) is 0.235. The summed E-state index contributed by atoms with van der Waals surface area (Å²) in [5, 5.41) is 0. The zero-order valence-electron chi connectivity index (χ0n) is 5.10. The van der Waals surface area contributed by atoms with E-state index in [2.05, 4.69) is 13.2 Å². The molecule has 0 aromatic rings. The third-order valence-electron chi connectivity index (χ3n) is 0.471. The molecule has 0 unspecified atom stereocenters. The van der Waals surface area contributed by atoms with Crippen molar-refractivity contribution < 1.29 is 0 Å². The standard InChI is InChI=1S/C6H10S.Pb.2H/c1-3-5-7-6-4-2;;;/h3-4H,1-2,5-6H2;;;. The summed E-state index contributed by atoms with van der Waals surface area (Å²) < 4.78 is 0. The SMILES string of the molecule is C=CCSCC=C.[PbH2].